The Labute approximate surface area is 206 Å². The van der Waals surface area contributed by atoms with Crippen molar-refractivity contribution in [1.29, 1.82) is 0 Å². The number of H-pyrrole nitrogens is 1. The van der Waals surface area contributed by atoms with Crippen LogP contribution in [0.4, 0.5) is 5.69 Å². The standard InChI is InChI=1S/C27H34N4O2S/c1-5-30-14-6-7-23(30)17-31(27(34)28-22-10-12-24(33-4)13-11-22)16-21-15-20-9-8-18(2)19(3)25(20)29-26(21)32/h8-13,15,23H,5-7,14,16-17H2,1-4H3,(H,28,34)(H,29,32)/t23-/m0/s1. The first-order valence-electron chi connectivity index (χ1n) is 12.0. The zero-order valence-corrected chi connectivity index (χ0v) is 21.3. The number of aromatic nitrogens is 1. The summed E-state index contributed by atoms with van der Waals surface area (Å²) in [6, 6.07) is 14.3. The Hall–Kier alpha value is -2.90. The SMILES string of the molecule is CCN1CCC[C@H]1CN(Cc1cc2ccc(C)c(C)c2[nH]c1=O)C(=S)Nc1ccc(OC)cc1. The van der Waals surface area contributed by atoms with Gasteiger partial charge in [-0.2, -0.15) is 0 Å². The largest absolute Gasteiger partial charge is 0.497 e. The van der Waals surface area contributed by atoms with E-state index in [1.54, 1.807) is 7.11 Å². The second kappa shape index (κ2) is 10.6. The van der Waals surface area contributed by atoms with Gasteiger partial charge in [-0.15, -0.1) is 0 Å². The van der Waals surface area contributed by atoms with Gasteiger partial charge in [-0.1, -0.05) is 19.1 Å². The van der Waals surface area contributed by atoms with Gasteiger partial charge in [0.15, 0.2) is 5.11 Å². The maximum absolute atomic E-state index is 13.1. The number of rotatable bonds is 7. The number of likely N-dealkylation sites (N-methyl/N-ethyl adjacent to an activating group) is 1. The van der Waals surface area contributed by atoms with Crippen molar-refractivity contribution < 1.29 is 4.74 Å². The van der Waals surface area contributed by atoms with Gasteiger partial charge in [-0.05, 0) is 98.8 Å². The highest BCUT2D eigenvalue weighted by Gasteiger charge is 2.26. The Bertz CT molecular complexity index is 1220. The summed E-state index contributed by atoms with van der Waals surface area (Å²) >= 11 is 5.86. The maximum atomic E-state index is 13.1. The Morgan fingerprint density at radius 2 is 2.00 bits per heavy atom. The molecule has 1 atom stereocenters. The number of anilines is 1. The van der Waals surface area contributed by atoms with Crippen LogP contribution in [0, 0.1) is 13.8 Å². The van der Waals surface area contributed by atoms with Crippen LogP contribution in [0.15, 0.2) is 47.3 Å². The summed E-state index contributed by atoms with van der Waals surface area (Å²) in [4.78, 5) is 20.8. The number of hydrogen-bond acceptors (Lipinski definition) is 4. The molecule has 2 N–H and O–H groups in total. The molecule has 0 aliphatic carbocycles. The van der Waals surface area contributed by atoms with Crippen LogP contribution in [0.1, 0.15) is 36.5 Å². The molecule has 3 aromatic rings. The molecule has 180 valence electrons. The van der Waals surface area contributed by atoms with Crippen LogP contribution in [0.5, 0.6) is 5.75 Å². The minimum Gasteiger partial charge on any atom is -0.497 e. The van der Waals surface area contributed by atoms with E-state index in [2.05, 4.69) is 46.1 Å². The van der Waals surface area contributed by atoms with E-state index in [0.29, 0.717) is 17.7 Å². The minimum atomic E-state index is -0.0581. The summed E-state index contributed by atoms with van der Waals surface area (Å²) in [7, 11) is 1.65. The van der Waals surface area contributed by atoms with Crippen LogP contribution in [-0.4, -0.2) is 52.7 Å². The van der Waals surface area contributed by atoms with Crippen LogP contribution in [0.2, 0.25) is 0 Å². The highest BCUT2D eigenvalue weighted by Crippen LogP contribution is 2.22. The molecule has 4 rings (SSSR count). The molecule has 1 aliphatic heterocycles. The molecule has 0 unspecified atom stereocenters. The Balaban J connectivity index is 1.62. The molecule has 7 heteroatoms. The first-order chi connectivity index (χ1) is 16.4. The van der Waals surface area contributed by atoms with Crippen molar-refractivity contribution in [2.24, 2.45) is 0 Å². The van der Waals surface area contributed by atoms with E-state index in [1.807, 2.05) is 37.3 Å². The van der Waals surface area contributed by atoms with E-state index >= 15 is 0 Å². The number of nitrogens with one attached hydrogen (secondary N) is 2. The fourth-order valence-corrected chi connectivity index (χ4v) is 5.02. The summed E-state index contributed by atoms with van der Waals surface area (Å²) in [5.41, 5.74) is 4.75. The maximum Gasteiger partial charge on any atom is 0.253 e. The lowest BCUT2D eigenvalue weighted by molar-refractivity contribution is 0.221. The lowest BCUT2D eigenvalue weighted by atomic mass is 10.0. The predicted molar refractivity (Wildman–Crippen MR) is 144 cm³/mol. The van der Waals surface area contributed by atoms with Crippen molar-refractivity contribution in [1.82, 2.24) is 14.8 Å². The van der Waals surface area contributed by atoms with Gasteiger partial charge in [0, 0.05) is 23.8 Å². The topological polar surface area (TPSA) is 60.6 Å². The number of aryl methyl sites for hydroxylation is 2. The van der Waals surface area contributed by atoms with E-state index in [0.717, 1.165) is 59.5 Å². The molecule has 0 saturated carbocycles. The number of pyridine rings is 1. The number of ether oxygens (including phenoxy) is 1. The van der Waals surface area contributed by atoms with Gasteiger partial charge in [0.05, 0.1) is 19.2 Å². The lowest BCUT2D eigenvalue weighted by Crippen LogP contribution is -2.44. The molecule has 0 radical (unpaired) electrons. The fraction of sp³-hybridized carbons (Fsp3) is 0.407. The molecule has 2 aromatic carbocycles. The van der Waals surface area contributed by atoms with Gasteiger partial charge < -0.3 is 19.9 Å². The average molecular weight is 479 g/mol. The molecular formula is C27H34N4O2S. The third-order valence-electron chi connectivity index (χ3n) is 6.95. The smallest absolute Gasteiger partial charge is 0.253 e. The zero-order chi connectivity index (χ0) is 24.2. The minimum absolute atomic E-state index is 0.0581. The zero-order valence-electron chi connectivity index (χ0n) is 20.5. The van der Waals surface area contributed by atoms with Gasteiger partial charge >= 0.3 is 0 Å². The second-order valence-corrected chi connectivity index (χ2v) is 9.45. The van der Waals surface area contributed by atoms with Crippen LogP contribution in [0.25, 0.3) is 10.9 Å². The quantitative estimate of drug-likeness (QED) is 0.474. The number of nitrogens with zero attached hydrogens (tertiary/aromatic N) is 2. The van der Waals surface area contributed by atoms with Crippen molar-refractivity contribution in [3.8, 4) is 5.75 Å². The number of methoxy groups -OCH3 is 1. The lowest BCUT2D eigenvalue weighted by Gasteiger charge is -2.32. The molecule has 1 aliphatic rings. The molecule has 1 aromatic heterocycles. The summed E-state index contributed by atoms with van der Waals surface area (Å²) in [6.45, 7) is 9.68. The van der Waals surface area contributed by atoms with E-state index in [1.165, 1.54) is 12.0 Å². The van der Waals surface area contributed by atoms with Crippen molar-refractivity contribution in [3.05, 3.63) is 69.5 Å². The summed E-state index contributed by atoms with van der Waals surface area (Å²) in [5, 5.41) is 5.03. The fourth-order valence-electron chi connectivity index (χ4n) is 4.76. The second-order valence-electron chi connectivity index (χ2n) is 9.06. The summed E-state index contributed by atoms with van der Waals surface area (Å²) in [6.07, 6.45) is 2.34. The monoisotopic (exact) mass is 478 g/mol. The highest BCUT2D eigenvalue weighted by molar-refractivity contribution is 7.80. The first-order valence-corrected chi connectivity index (χ1v) is 12.4. The van der Waals surface area contributed by atoms with Crippen molar-refractivity contribution in [3.63, 3.8) is 0 Å². The average Bonchev–Trinajstić information content (AvgIpc) is 3.29. The Morgan fingerprint density at radius 1 is 1.24 bits per heavy atom. The number of fused-ring (bicyclic) bond motifs is 1. The molecular weight excluding hydrogens is 444 g/mol. The summed E-state index contributed by atoms with van der Waals surface area (Å²) < 4.78 is 5.26. The van der Waals surface area contributed by atoms with Gasteiger partial charge in [0.25, 0.3) is 5.56 Å². The molecule has 1 saturated heterocycles. The van der Waals surface area contributed by atoms with Crippen LogP contribution in [-0.2, 0) is 6.54 Å². The van der Waals surface area contributed by atoms with E-state index in [-0.39, 0.29) is 5.56 Å². The molecule has 0 amide bonds. The third-order valence-corrected chi connectivity index (χ3v) is 7.31. The Kier molecular flexibility index (Phi) is 7.54. The number of likely N-dealkylation sites (tertiary alicyclic amines) is 1. The molecule has 34 heavy (non-hydrogen) atoms. The third kappa shape index (κ3) is 5.26. The molecule has 0 spiro atoms. The van der Waals surface area contributed by atoms with E-state index in [4.69, 9.17) is 17.0 Å². The van der Waals surface area contributed by atoms with E-state index < -0.39 is 0 Å². The Morgan fingerprint density at radius 3 is 2.71 bits per heavy atom. The normalized spacial score (nSPS) is 16.1. The van der Waals surface area contributed by atoms with E-state index in [9.17, 15) is 4.79 Å². The molecule has 6 nitrogen and oxygen atoms in total. The number of hydrogen-bond donors (Lipinski definition) is 2. The molecule has 2 heterocycles. The van der Waals surface area contributed by atoms with Crippen LogP contribution >= 0.6 is 12.2 Å². The van der Waals surface area contributed by atoms with Crippen LogP contribution in [0.3, 0.4) is 0 Å². The van der Waals surface area contributed by atoms with Gasteiger partial charge in [0.2, 0.25) is 0 Å². The molecule has 1 fully saturated rings. The van der Waals surface area contributed by atoms with Crippen molar-refractivity contribution in [2.75, 3.05) is 32.1 Å². The first kappa shape index (κ1) is 24.2. The van der Waals surface area contributed by atoms with Gasteiger partial charge in [-0.25, -0.2) is 0 Å². The van der Waals surface area contributed by atoms with Gasteiger partial charge in [0.1, 0.15) is 5.75 Å². The predicted octanol–water partition coefficient (Wildman–Crippen LogP) is 4.84. The van der Waals surface area contributed by atoms with Crippen LogP contribution < -0.4 is 15.6 Å². The number of thiocarbonyl (C=S) groups is 1. The highest BCUT2D eigenvalue weighted by atomic mass is 32.1. The van der Waals surface area contributed by atoms with Gasteiger partial charge in [-0.3, -0.25) is 9.69 Å². The van der Waals surface area contributed by atoms with Crippen molar-refractivity contribution in [2.45, 2.75) is 46.2 Å². The van der Waals surface area contributed by atoms with Crippen molar-refractivity contribution >= 4 is 33.9 Å². The number of aromatic amines is 1. The molecule has 0 bridgehead atoms. The number of benzene rings is 2. The summed E-state index contributed by atoms with van der Waals surface area (Å²) in [5.74, 6) is 0.797.